The molecule has 0 bridgehead atoms. The molecule has 3 rings (SSSR count). The quantitative estimate of drug-likeness (QED) is 0.608. The molecule has 0 N–H and O–H groups in total. The molecular weight excluding hydrogens is 362 g/mol. The molecule has 0 aliphatic heterocycles. The van der Waals surface area contributed by atoms with E-state index in [9.17, 15) is 13.2 Å². The number of nitrogens with zero attached hydrogens (tertiary/aromatic N) is 1. The molecule has 138 valence electrons. The molecule has 0 amide bonds. The van der Waals surface area contributed by atoms with Gasteiger partial charge in [0.15, 0.2) is 0 Å². The van der Waals surface area contributed by atoms with Crippen molar-refractivity contribution in [2.45, 2.75) is 11.4 Å². The first-order chi connectivity index (χ1) is 13.0. The van der Waals surface area contributed by atoms with Gasteiger partial charge >= 0.3 is 5.97 Å². The number of benzene rings is 3. The number of anilines is 1. The molecule has 0 aliphatic carbocycles. The smallest absolute Gasteiger partial charge is 0.337 e. The van der Waals surface area contributed by atoms with E-state index in [-0.39, 0.29) is 11.4 Å². The molecule has 0 aliphatic rings. The van der Waals surface area contributed by atoms with E-state index in [4.69, 9.17) is 4.74 Å². The van der Waals surface area contributed by atoms with Crippen LogP contribution in [0.3, 0.4) is 0 Å². The second kappa shape index (κ2) is 8.05. The molecule has 27 heavy (non-hydrogen) atoms. The summed E-state index contributed by atoms with van der Waals surface area (Å²) in [5.41, 5.74) is 1.74. The van der Waals surface area contributed by atoms with Crippen LogP contribution >= 0.6 is 0 Å². The molecule has 0 atom stereocenters. The number of carbonyl (C=O) groups excluding carboxylic acids is 1. The second-order valence-corrected chi connectivity index (χ2v) is 7.71. The van der Waals surface area contributed by atoms with Gasteiger partial charge in [0.25, 0.3) is 10.0 Å². The third-order valence-corrected chi connectivity index (χ3v) is 5.86. The highest BCUT2D eigenvalue weighted by atomic mass is 32.2. The highest BCUT2D eigenvalue weighted by molar-refractivity contribution is 7.92. The van der Waals surface area contributed by atoms with Gasteiger partial charge in [0.1, 0.15) is 0 Å². The summed E-state index contributed by atoms with van der Waals surface area (Å²) in [6.07, 6.45) is 0. The fraction of sp³-hybridized carbons (Fsp3) is 0.0952. The van der Waals surface area contributed by atoms with Crippen LogP contribution in [0.4, 0.5) is 5.69 Å². The van der Waals surface area contributed by atoms with Crippen LogP contribution in [0.5, 0.6) is 0 Å². The molecule has 0 saturated carbocycles. The van der Waals surface area contributed by atoms with Crippen LogP contribution in [-0.2, 0) is 21.3 Å². The van der Waals surface area contributed by atoms with E-state index >= 15 is 0 Å². The zero-order valence-corrected chi connectivity index (χ0v) is 15.6. The Morgan fingerprint density at radius 2 is 1.41 bits per heavy atom. The summed E-state index contributed by atoms with van der Waals surface area (Å²) in [5.74, 6) is -0.432. The van der Waals surface area contributed by atoms with Crippen molar-refractivity contribution in [1.82, 2.24) is 0 Å². The average Bonchev–Trinajstić information content (AvgIpc) is 2.73. The first-order valence-electron chi connectivity index (χ1n) is 8.32. The summed E-state index contributed by atoms with van der Waals surface area (Å²) >= 11 is 0. The Hall–Kier alpha value is -3.12. The topological polar surface area (TPSA) is 63.7 Å². The minimum Gasteiger partial charge on any atom is -0.465 e. The van der Waals surface area contributed by atoms with Gasteiger partial charge in [-0.1, -0.05) is 48.5 Å². The van der Waals surface area contributed by atoms with Crippen LogP contribution in [0, 0.1) is 0 Å². The lowest BCUT2D eigenvalue weighted by Gasteiger charge is -2.24. The Morgan fingerprint density at radius 1 is 0.852 bits per heavy atom. The van der Waals surface area contributed by atoms with Gasteiger partial charge < -0.3 is 4.74 Å². The van der Waals surface area contributed by atoms with E-state index in [2.05, 4.69) is 0 Å². The molecular formula is C21H19NO4S. The summed E-state index contributed by atoms with van der Waals surface area (Å²) in [6.45, 7) is 0.142. The third kappa shape index (κ3) is 4.17. The summed E-state index contributed by atoms with van der Waals surface area (Å²) < 4.78 is 32.5. The van der Waals surface area contributed by atoms with E-state index < -0.39 is 16.0 Å². The molecule has 0 unspecified atom stereocenters. The molecule has 0 heterocycles. The molecule has 0 aromatic heterocycles. The molecule has 5 nitrogen and oxygen atoms in total. The summed E-state index contributed by atoms with van der Waals surface area (Å²) in [7, 11) is -2.42. The van der Waals surface area contributed by atoms with Crippen molar-refractivity contribution < 1.29 is 17.9 Å². The van der Waals surface area contributed by atoms with Crippen LogP contribution < -0.4 is 4.31 Å². The maximum Gasteiger partial charge on any atom is 0.337 e. The number of sulfonamides is 1. The number of carbonyl (C=O) groups is 1. The third-order valence-electron chi connectivity index (χ3n) is 4.08. The Morgan fingerprint density at radius 3 is 1.96 bits per heavy atom. The van der Waals surface area contributed by atoms with Crippen LogP contribution in [0.25, 0.3) is 0 Å². The van der Waals surface area contributed by atoms with Gasteiger partial charge in [0.2, 0.25) is 0 Å². The largest absolute Gasteiger partial charge is 0.465 e. The first-order valence-corrected chi connectivity index (χ1v) is 9.76. The highest BCUT2D eigenvalue weighted by Crippen LogP contribution is 2.25. The van der Waals surface area contributed by atoms with Gasteiger partial charge in [0.05, 0.1) is 29.8 Å². The van der Waals surface area contributed by atoms with Crippen molar-refractivity contribution in [2.24, 2.45) is 0 Å². The molecule has 3 aromatic rings. The van der Waals surface area contributed by atoms with Crippen LogP contribution in [-0.4, -0.2) is 21.5 Å². The van der Waals surface area contributed by atoms with Gasteiger partial charge in [0, 0.05) is 0 Å². The van der Waals surface area contributed by atoms with Crippen LogP contribution in [0.15, 0.2) is 89.8 Å². The minimum atomic E-state index is -3.74. The van der Waals surface area contributed by atoms with Crippen molar-refractivity contribution in [3.05, 3.63) is 96.1 Å². The normalized spacial score (nSPS) is 11.0. The van der Waals surface area contributed by atoms with Crippen molar-refractivity contribution in [1.29, 1.82) is 0 Å². The molecule has 0 fully saturated rings. The number of rotatable bonds is 6. The van der Waals surface area contributed by atoms with Gasteiger partial charge in [-0.05, 0) is 42.0 Å². The molecule has 6 heteroatoms. The number of hydrogen-bond acceptors (Lipinski definition) is 4. The van der Waals surface area contributed by atoms with E-state index in [1.807, 2.05) is 6.07 Å². The summed E-state index contributed by atoms with van der Waals surface area (Å²) in [5, 5.41) is 0. The number of ether oxygens (including phenoxy) is 1. The summed E-state index contributed by atoms with van der Waals surface area (Å²) in [6, 6.07) is 23.9. The number of esters is 1. The lowest BCUT2D eigenvalue weighted by atomic mass is 10.1. The summed E-state index contributed by atoms with van der Waals surface area (Å²) in [4.78, 5) is 11.8. The van der Waals surface area contributed by atoms with Crippen LogP contribution in [0.2, 0.25) is 0 Å². The SMILES string of the molecule is COC(=O)c1ccc(CN(c2ccccc2)S(=O)(=O)c2ccccc2)cc1. The van der Waals surface area contributed by atoms with Crippen molar-refractivity contribution >= 4 is 21.7 Å². The number of hydrogen-bond donors (Lipinski definition) is 0. The standard InChI is InChI=1S/C21H19NO4S/c1-26-21(23)18-14-12-17(13-15-18)16-22(19-8-4-2-5-9-19)27(24,25)20-10-6-3-7-11-20/h2-15H,16H2,1H3. The second-order valence-electron chi connectivity index (χ2n) is 5.85. The monoisotopic (exact) mass is 381 g/mol. The van der Waals surface area contributed by atoms with Crippen molar-refractivity contribution in [3.63, 3.8) is 0 Å². The molecule has 0 radical (unpaired) electrons. The maximum atomic E-state index is 13.2. The minimum absolute atomic E-state index is 0.142. The van der Waals surface area contributed by atoms with E-state index in [1.165, 1.54) is 11.4 Å². The maximum absolute atomic E-state index is 13.2. The zero-order chi connectivity index (χ0) is 19.3. The lowest BCUT2D eigenvalue weighted by Crippen LogP contribution is -2.30. The first kappa shape index (κ1) is 18.7. The van der Waals surface area contributed by atoms with Gasteiger partial charge in [-0.3, -0.25) is 4.31 Å². The Kier molecular flexibility index (Phi) is 5.57. The van der Waals surface area contributed by atoms with Gasteiger partial charge in [-0.25, -0.2) is 13.2 Å². The zero-order valence-electron chi connectivity index (χ0n) is 14.8. The Bertz CT molecular complexity index is 1000. The van der Waals surface area contributed by atoms with Crippen molar-refractivity contribution in [2.75, 3.05) is 11.4 Å². The highest BCUT2D eigenvalue weighted by Gasteiger charge is 2.25. The van der Waals surface area contributed by atoms with Gasteiger partial charge in [-0.15, -0.1) is 0 Å². The van der Waals surface area contributed by atoms with Crippen molar-refractivity contribution in [3.8, 4) is 0 Å². The number of para-hydroxylation sites is 1. The molecule has 3 aromatic carbocycles. The van der Waals surface area contributed by atoms with Crippen LogP contribution in [0.1, 0.15) is 15.9 Å². The fourth-order valence-corrected chi connectivity index (χ4v) is 4.13. The predicted octanol–water partition coefficient (Wildman–Crippen LogP) is 3.87. The van der Waals surface area contributed by atoms with E-state index in [0.717, 1.165) is 5.56 Å². The van der Waals surface area contributed by atoms with E-state index in [0.29, 0.717) is 11.3 Å². The molecule has 0 saturated heterocycles. The predicted molar refractivity (Wildman–Crippen MR) is 104 cm³/mol. The Labute approximate surface area is 158 Å². The molecule has 0 spiro atoms. The number of methoxy groups -OCH3 is 1. The Balaban J connectivity index is 1.98. The van der Waals surface area contributed by atoms with Gasteiger partial charge in [-0.2, -0.15) is 0 Å². The van der Waals surface area contributed by atoms with E-state index in [1.54, 1.807) is 78.9 Å². The average molecular weight is 381 g/mol. The fourth-order valence-electron chi connectivity index (χ4n) is 2.66. The lowest BCUT2D eigenvalue weighted by molar-refractivity contribution is 0.0600.